The molecule has 1 fully saturated rings. The SMILES string of the molecule is Nc1cc(N)cc(C(=O)OCCOC(=O)C=Cc2ccc(OC(F)(F)C3CCC(CCCC(F)(F)F)CC3)cc2)c1. The van der Waals surface area contributed by atoms with Gasteiger partial charge in [-0.15, -0.1) is 0 Å². The molecule has 0 aliphatic heterocycles. The first-order valence-electron chi connectivity index (χ1n) is 13.2. The maximum Gasteiger partial charge on any atom is 0.400 e. The molecule has 0 aromatic heterocycles. The molecule has 0 amide bonds. The van der Waals surface area contributed by atoms with Crippen molar-refractivity contribution >= 4 is 29.4 Å². The van der Waals surface area contributed by atoms with Crippen LogP contribution in [-0.4, -0.2) is 37.4 Å². The molecule has 2 aromatic rings. The number of nitrogens with two attached hydrogens (primary N) is 2. The summed E-state index contributed by atoms with van der Waals surface area (Å²) in [6, 6.07) is 9.99. The minimum atomic E-state index is -4.19. The van der Waals surface area contributed by atoms with E-state index in [4.69, 9.17) is 25.7 Å². The van der Waals surface area contributed by atoms with Gasteiger partial charge in [-0.3, -0.25) is 0 Å². The second-order valence-electron chi connectivity index (χ2n) is 9.98. The Kier molecular flexibility index (Phi) is 11.0. The maximum absolute atomic E-state index is 14.7. The van der Waals surface area contributed by atoms with E-state index in [9.17, 15) is 31.5 Å². The summed E-state index contributed by atoms with van der Waals surface area (Å²) in [5.74, 6) is -2.41. The Hall–Kier alpha value is -3.83. The maximum atomic E-state index is 14.7. The van der Waals surface area contributed by atoms with Crippen LogP contribution in [0.2, 0.25) is 0 Å². The average molecular weight is 585 g/mol. The lowest BCUT2D eigenvalue weighted by atomic mass is 9.79. The van der Waals surface area contributed by atoms with Crippen LogP contribution in [-0.2, 0) is 14.3 Å². The highest BCUT2D eigenvalue weighted by Gasteiger charge is 2.44. The van der Waals surface area contributed by atoms with Gasteiger partial charge in [0.2, 0.25) is 0 Å². The quantitative estimate of drug-likeness (QED) is 0.0930. The van der Waals surface area contributed by atoms with E-state index in [1.807, 2.05) is 0 Å². The number of nitrogen functional groups attached to an aromatic ring is 2. The molecule has 0 heterocycles. The van der Waals surface area contributed by atoms with Crippen molar-refractivity contribution in [1.82, 2.24) is 0 Å². The Labute approximate surface area is 234 Å². The number of hydrogen-bond donors (Lipinski definition) is 2. The van der Waals surface area contributed by atoms with Gasteiger partial charge in [-0.05, 0) is 80.0 Å². The summed E-state index contributed by atoms with van der Waals surface area (Å²) in [6.45, 7) is -0.378. The van der Waals surface area contributed by atoms with E-state index in [2.05, 4.69) is 0 Å². The molecule has 0 unspecified atom stereocenters. The monoisotopic (exact) mass is 584 g/mol. The van der Waals surface area contributed by atoms with Gasteiger partial charge in [-0.25, -0.2) is 9.59 Å². The third-order valence-corrected chi connectivity index (χ3v) is 6.71. The number of hydrogen-bond acceptors (Lipinski definition) is 7. The van der Waals surface area contributed by atoms with Crippen molar-refractivity contribution < 1.29 is 45.8 Å². The molecule has 4 N–H and O–H groups in total. The lowest BCUT2D eigenvalue weighted by molar-refractivity contribution is -0.223. The number of esters is 2. The van der Waals surface area contributed by atoms with Gasteiger partial charge >= 0.3 is 24.2 Å². The van der Waals surface area contributed by atoms with Crippen LogP contribution in [0.4, 0.5) is 33.3 Å². The highest BCUT2D eigenvalue weighted by molar-refractivity contribution is 5.91. The van der Waals surface area contributed by atoms with Crippen LogP contribution in [0.25, 0.3) is 6.08 Å². The second kappa shape index (κ2) is 14.2. The molecule has 7 nitrogen and oxygen atoms in total. The minimum Gasteiger partial charge on any atom is -0.459 e. The molecule has 2 aromatic carbocycles. The molecule has 0 spiro atoms. The fourth-order valence-corrected chi connectivity index (χ4v) is 4.63. The normalized spacial score (nSPS) is 17.8. The van der Waals surface area contributed by atoms with Gasteiger partial charge in [0.1, 0.15) is 19.0 Å². The molecule has 1 aliphatic rings. The summed E-state index contributed by atoms with van der Waals surface area (Å²) in [4.78, 5) is 23.9. The summed E-state index contributed by atoms with van der Waals surface area (Å²) in [5.41, 5.74) is 12.6. The standard InChI is InChI=1S/C29H33F5N2O5/c30-28(31,32)13-1-2-19-3-8-22(9-4-19)29(33,34)41-25-10-5-20(6-11-25)7-12-26(37)39-14-15-40-27(38)21-16-23(35)18-24(36)17-21/h5-7,10-12,16-19,22H,1-4,8-9,13-15,35-36H2. The van der Waals surface area contributed by atoms with Gasteiger partial charge < -0.3 is 25.7 Å². The molecule has 12 heteroatoms. The summed E-state index contributed by atoms with van der Waals surface area (Å²) in [5, 5.41) is 0. The Morgan fingerprint density at radius 2 is 1.49 bits per heavy atom. The number of ether oxygens (including phenoxy) is 3. The number of anilines is 2. The molecule has 1 saturated carbocycles. The van der Waals surface area contributed by atoms with Gasteiger partial charge in [-0.2, -0.15) is 22.0 Å². The van der Waals surface area contributed by atoms with Crippen molar-refractivity contribution in [2.45, 2.75) is 57.2 Å². The molecule has 0 bridgehead atoms. The molecular weight excluding hydrogens is 551 g/mol. The molecule has 0 saturated heterocycles. The predicted molar refractivity (Wildman–Crippen MR) is 143 cm³/mol. The van der Waals surface area contributed by atoms with Crippen molar-refractivity contribution in [3.05, 3.63) is 59.7 Å². The average Bonchev–Trinajstić information content (AvgIpc) is 2.89. The number of carbonyl (C=O) groups excluding carboxylic acids is 2. The number of carbonyl (C=O) groups is 2. The van der Waals surface area contributed by atoms with Crippen LogP contribution in [0.5, 0.6) is 5.75 Å². The van der Waals surface area contributed by atoms with Crippen molar-refractivity contribution in [3.8, 4) is 5.75 Å². The zero-order chi connectivity index (χ0) is 30.0. The number of rotatable bonds is 12. The Balaban J connectivity index is 1.37. The van der Waals surface area contributed by atoms with E-state index < -0.39 is 36.6 Å². The third-order valence-electron chi connectivity index (χ3n) is 6.71. The van der Waals surface area contributed by atoms with E-state index in [0.717, 1.165) is 6.08 Å². The topological polar surface area (TPSA) is 114 Å². The van der Waals surface area contributed by atoms with Crippen molar-refractivity contribution in [2.24, 2.45) is 11.8 Å². The molecule has 41 heavy (non-hydrogen) atoms. The van der Waals surface area contributed by atoms with Gasteiger partial charge in [0.25, 0.3) is 0 Å². The summed E-state index contributed by atoms with van der Waals surface area (Å²) in [7, 11) is 0. The summed E-state index contributed by atoms with van der Waals surface area (Å²) in [6.07, 6.45) is -4.25. The Morgan fingerprint density at radius 3 is 2.10 bits per heavy atom. The minimum absolute atomic E-state index is 0.0148. The van der Waals surface area contributed by atoms with Crippen molar-refractivity contribution in [1.29, 1.82) is 0 Å². The molecular formula is C29H33F5N2O5. The number of benzene rings is 2. The molecule has 3 rings (SSSR count). The van der Waals surface area contributed by atoms with Crippen LogP contribution < -0.4 is 16.2 Å². The molecule has 224 valence electrons. The first kappa shape index (κ1) is 31.7. The Bertz CT molecular complexity index is 1170. The summed E-state index contributed by atoms with van der Waals surface area (Å²) < 4.78 is 81.4. The highest BCUT2D eigenvalue weighted by Crippen LogP contribution is 2.41. The lowest BCUT2D eigenvalue weighted by Gasteiger charge is -2.33. The first-order valence-corrected chi connectivity index (χ1v) is 13.2. The van der Waals surface area contributed by atoms with Gasteiger partial charge in [-0.1, -0.05) is 18.6 Å². The van der Waals surface area contributed by atoms with E-state index in [1.165, 1.54) is 48.5 Å². The highest BCUT2D eigenvalue weighted by atomic mass is 19.4. The van der Waals surface area contributed by atoms with Crippen molar-refractivity contribution in [3.63, 3.8) is 0 Å². The predicted octanol–water partition coefficient (Wildman–Crippen LogP) is 6.78. The van der Waals surface area contributed by atoms with Crippen LogP contribution in [0.3, 0.4) is 0 Å². The van der Waals surface area contributed by atoms with Crippen LogP contribution in [0, 0.1) is 11.8 Å². The van der Waals surface area contributed by atoms with Crippen LogP contribution in [0.15, 0.2) is 48.5 Å². The third kappa shape index (κ3) is 10.9. The largest absolute Gasteiger partial charge is 0.459 e. The fraction of sp³-hybridized carbons (Fsp3) is 0.448. The van der Waals surface area contributed by atoms with E-state index in [-0.39, 0.29) is 49.7 Å². The van der Waals surface area contributed by atoms with Crippen LogP contribution in [0.1, 0.15) is 60.9 Å². The van der Waals surface area contributed by atoms with E-state index in [1.54, 1.807) is 0 Å². The number of halogens is 5. The van der Waals surface area contributed by atoms with E-state index >= 15 is 0 Å². The van der Waals surface area contributed by atoms with Gasteiger partial charge in [0, 0.05) is 23.9 Å². The van der Waals surface area contributed by atoms with Gasteiger partial charge in [0.05, 0.1) is 11.5 Å². The lowest BCUT2D eigenvalue weighted by Crippen LogP contribution is -2.37. The Morgan fingerprint density at radius 1 is 0.878 bits per heavy atom. The first-order chi connectivity index (χ1) is 19.3. The zero-order valence-corrected chi connectivity index (χ0v) is 22.3. The zero-order valence-electron chi connectivity index (χ0n) is 22.3. The molecule has 1 aliphatic carbocycles. The summed E-state index contributed by atoms with van der Waals surface area (Å²) >= 11 is 0. The van der Waals surface area contributed by atoms with Crippen molar-refractivity contribution in [2.75, 3.05) is 24.7 Å². The van der Waals surface area contributed by atoms with Crippen LogP contribution >= 0.6 is 0 Å². The van der Waals surface area contributed by atoms with Gasteiger partial charge in [0.15, 0.2) is 0 Å². The fourth-order valence-electron chi connectivity index (χ4n) is 4.63. The number of alkyl halides is 5. The second-order valence-corrected chi connectivity index (χ2v) is 9.98. The van der Waals surface area contributed by atoms with E-state index in [0.29, 0.717) is 36.2 Å². The molecule has 0 radical (unpaired) electrons. The molecule has 0 atom stereocenters. The smallest absolute Gasteiger partial charge is 0.400 e.